The van der Waals surface area contributed by atoms with E-state index in [1.165, 1.54) is 17.7 Å². The van der Waals surface area contributed by atoms with E-state index in [4.69, 9.17) is 0 Å². The van der Waals surface area contributed by atoms with Gasteiger partial charge in [-0.05, 0) is 30.7 Å². The Hall–Kier alpha value is -3.04. The monoisotopic (exact) mass is 394 g/mol. The Bertz CT molecular complexity index is 1230. The lowest BCUT2D eigenvalue weighted by atomic mass is 10.1. The Labute approximate surface area is 161 Å². The van der Waals surface area contributed by atoms with Crippen LogP contribution in [-0.4, -0.2) is 30.1 Å². The van der Waals surface area contributed by atoms with Gasteiger partial charge in [0.15, 0.2) is 4.96 Å². The summed E-state index contributed by atoms with van der Waals surface area (Å²) in [7, 11) is 0. The molecule has 7 nitrogen and oxygen atoms in total. The molecule has 1 atom stereocenters. The van der Waals surface area contributed by atoms with Crippen LogP contribution in [0.1, 0.15) is 28.2 Å². The number of carbonyl (C=O) groups is 1. The van der Waals surface area contributed by atoms with Crippen molar-refractivity contribution in [3.8, 4) is 5.69 Å². The maximum absolute atomic E-state index is 12.7. The minimum absolute atomic E-state index is 0.0881. The van der Waals surface area contributed by atoms with Crippen LogP contribution in [0.4, 0.5) is 0 Å². The molecule has 5 rings (SSSR count). The molecule has 4 aromatic heterocycles. The van der Waals surface area contributed by atoms with E-state index in [1.807, 2.05) is 53.2 Å². The summed E-state index contributed by atoms with van der Waals surface area (Å²) in [6.45, 7) is 1.97. The molecule has 0 aliphatic rings. The molecule has 4 heterocycles. The van der Waals surface area contributed by atoms with Gasteiger partial charge in [0.05, 0.1) is 22.1 Å². The molecule has 1 N–H and O–H groups in total. The van der Waals surface area contributed by atoms with Crippen molar-refractivity contribution in [3.63, 3.8) is 0 Å². The van der Waals surface area contributed by atoms with E-state index in [0.717, 1.165) is 26.6 Å². The number of aromatic nitrogens is 5. The van der Waals surface area contributed by atoms with Crippen LogP contribution in [0.2, 0.25) is 0 Å². The number of thiazole rings is 1. The second kappa shape index (κ2) is 6.29. The highest BCUT2D eigenvalue weighted by molar-refractivity contribution is 7.21. The van der Waals surface area contributed by atoms with Crippen LogP contribution in [0.5, 0.6) is 0 Å². The summed E-state index contributed by atoms with van der Waals surface area (Å²) in [5.74, 6) is -0.0881. The fourth-order valence-corrected chi connectivity index (χ4v) is 4.67. The SMILES string of the molecule is CC(NC(=O)c1cc2c(nc3sccn32)s1)c1ccc(-n2cncn2)cc1. The van der Waals surface area contributed by atoms with E-state index >= 15 is 0 Å². The number of thiophene rings is 1. The van der Waals surface area contributed by atoms with Crippen LogP contribution >= 0.6 is 22.7 Å². The topological polar surface area (TPSA) is 77.1 Å². The maximum atomic E-state index is 12.7. The van der Waals surface area contributed by atoms with Crippen LogP contribution in [-0.2, 0) is 0 Å². The van der Waals surface area contributed by atoms with E-state index in [1.54, 1.807) is 22.3 Å². The van der Waals surface area contributed by atoms with Gasteiger partial charge >= 0.3 is 0 Å². The summed E-state index contributed by atoms with van der Waals surface area (Å²) >= 11 is 3.01. The van der Waals surface area contributed by atoms with Crippen molar-refractivity contribution < 1.29 is 4.79 Å². The number of carbonyl (C=O) groups excluding carboxylic acids is 1. The summed E-state index contributed by atoms with van der Waals surface area (Å²) in [6, 6.07) is 9.68. The number of hydrogen-bond donors (Lipinski definition) is 1. The van der Waals surface area contributed by atoms with Gasteiger partial charge in [0.1, 0.15) is 17.5 Å². The Morgan fingerprint density at radius 1 is 1.26 bits per heavy atom. The lowest BCUT2D eigenvalue weighted by molar-refractivity contribution is 0.0944. The third-order valence-corrected chi connectivity index (χ3v) is 6.16. The molecule has 0 aliphatic heterocycles. The zero-order chi connectivity index (χ0) is 18.4. The van der Waals surface area contributed by atoms with Gasteiger partial charge in [-0.1, -0.05) is 12.1 Å². The third kappa shape index (κ3) is 2.81. The number of nitrogens with zero attached hydrogens (tertiary/aromatic N) is 5. The Balaban J connectivity index is 1.34. The lowest BCUT2D eigenvalue weighted by Crippen LogP contribution is -2.25. The van der Waals surface area contributed by atoms with Crippen molar-refractivity contribution in [1.82, 2.24) is 29.5 Å². The molecule has 27 heavy (non-hydrogen) atoms. The van der Waals surface area contributed by atoms with Crippen LogP contribution < -0.4 is 5.32 Å². The molecule has 0 fully saturated rings. The number of nitrogens with one attached hydrogen (secondary N) is 1. The van der Waals surface area contributed by atoms with Crippen molar-refractivity contribution in [3.05, 3.63) is 65.0 Å². The average Bonchev–Trinajstić information content (AvgIpc) is 3.43. The maximum Gasteiger partial charge on any atom is 0.261 e. The lowest BCUT2D eigenvalue weighted by Gasteiger charge is -2.14. The normalized spacial score (nSPS) is 12.6. The van der Waals surface area contributed by atoms with Gasteiger partial charge in [0.25, 0.3) is 5.91 Å². The minimum atomic E-state index is -0.111. The number of hydrogen-bond acceptors (Lipinski definition) is 6. The number of fused-ring (bicyclic) bond motifs is 3. The quantitative estimate of drug-likeness (QED) is 0.504. The highest BCUT2D eigenvalue weighted by atomic mass is 32.1. The zero-order valence-corrected chi connectivity index (χ0v) is 15.9. The first-order valence-electron chi connectivity index (χ1n) is 8.30. The number of benzene rings is 1. The molecular formula is C18H14N6OS2. The standard InChI is InChI=1S/C18H14N6OS2/c1-11(12-2-4-13(5-3-12)24-10-19-9-20-24)21-16(25)15-8-14-17(27-15)22-18-23(14)6-7-26-18/h2-11H,1H3,(H,21,25). The summed E-state index contributed by atoms with van der Waals surface area (Å²) < 4.78 is 3.71. The molecule has 0 radical (unpaired) electrons. The third-order valence-electron chi connectivity index (χ3n) is 4.39. The van der Waals surface area contributed by atoms with Crippen LogP contribution in [0.25, 0.3) is 21.0 Å². The molecule has 1 amide bonds. The summed E-state index contributed by atoms with van der Waals surface area (Å²) in [6.07, 6.45) is 5.12. The Morgan fingerprint density at radius 2 is 2.11 bits per heavy atom. The van der Waals surface area contributed by atoms with Gasteiger partial charge in [0, 0.05) is 11.6 Å². The van der Waals surface area contributed by atoms with E-state index in [0.29, 0.717) is 4.88 Å². The fourth-order valence-electron chi connectivity index (χ4n) is 2.97. The van der Waals surface area contributed by atoms with E-state index < -0.39 is 0 Å². The van der Waals surface area contributed by atoms with Crippen LogP contribution in [0, 0.1) is 0 Å². The molecule has 0 aliphatic carbocycles. The van der Waals surface area contributed by atoms with E-state index in [2.05, 4.69) is 20.4 Å². The second-order valence-electron chi connectivity index (χ2n) is 6.10. The highest BCUT2D eigenvalue weighted by Gasteiger charge is 2.17. The molecule has 0 saturated heterocycles. The molecule has 0 bridgehead atoms. The Kier molecular flexibility index (Phi) is 3.76. The van der Waals surface area contributed by atoms with Crippen molar-refractivity contribution in [2.75, 3.05) is 0 Å². The molecule has 9 heteroatoms. The van der Waals surface area contributed by atoms with Gasteiger partial charge in [-0.2, -0.15) is 5.10 Å². The molecule has 1 unspecified atom stereocenters. The molecule has 1 aromatic carbocycles. The van der Waals surface area contributed by atoms with Crippen molar-refractivity contribution in [2.24, 2.45) is 0 Å². The molecule has 134 valence electrons. The average molecular weight is 394 g/mol. The summed E-state index contributed by atoms with van der Waals surface area (Å²) in [5, 5.41) is 9.16. The molecule has 0 saturated carbocycles. The number of imidazole rings is 1. The first-order valence-corrected chi connectivity index (χ1v) is 9.99. The number of amides is 1. The smallest absolute Gasteiger partial charge is 0.261 e. The fraction of sp³-hybridized carbons (Fsp3) is 0.111. The molecular weight excluding hydrogens is 380 g/mol. The largest absolute Gasteiger partial charge is 0.345 e. The first kappa shape index (κ1) is 16.2. The summed E-state index contributed by atoms with van der Waals surface area (Å²) in [4.78, 5) is 23.7. The van der Waals surface area contributed by atoms with Crippen molar-refractivity contribution >= 4 is 43.9 Å². The van der Waals surface area contributed by atoms with Crippen LogP contribution in [0.15, 0.2) is 54.6 Å². The van der Waals surface area contributed by atoms with E-state index in [9.17, 15) is 4.79 Å². The predicted molar refractivity (Wildman–Crippen MR) is 106 cm³/mol. The van der Waals surface area contributed by atoms with Crippen molar-refractivity contribution in [1.29, 1.82) is 0 Å². The van der Waals surface area contributed by atoms with Gasteiger partial charge in [-0.15, -0.1) is 22.7 Å². The first-order chi connectivity index (χ1) is 13.2. The molecule has 5 aromatic rings. The highest BCUT2D eigenvalue weighted by Crippen LogP contribution is 2.28. The Morgan fingerprint density at radius 3 is 2.89 bits per heavy atom. The number of rotatable bonds is 4. The van der Waals surface area contributed by atoms with Gasteiger partial charge < -0.3 is 5.32 Å². The second-order valence-corrected chi connectivity index (χ2v) is 8.00. The van der Waals surface area contributed by atoms with Crippen molar-refractivity contribution in [2.45, 2.75) is 13.0 Å². The zero-order valence-electron chi connectivity index (χ0n) is 14.2. The summed E-state index contributed by atoms with van der Waals surface area (Å²) in [5.41, 5.74) is 2.93. The predicted octanol–water partition coefficient (Wildman–Crippen LogP) is 3.68. The van der Waals surface area contributed by atoms with Crippen LogP contribution in [0.3, 0.4) is 0 Å². The van der Waals surface area contributed by atoms with Gasteiger partial charge in [-0.25, -0.2) is 14.6 Å². The minimum Gasteiger partial charge on any atom is -0.345 e. The van der Waals surface area contributed by atoms with E-state index in [-0.39, 0.29) is 11.9 Å². The van der Waals surface area contributed by atoms with Gasteiger partial charge in [-0.3, -0.25) is 9.20 Å². The van der Waals surface area contributed by atoms with Gasteiger partial charge in [0.2, 0.25) is 0 Å². The molecule has 0 spiro atoms.